The van der Waals surface area contributed by atoms with Gasteiger partial charge in [0.25, 0.3) is 0 Å². The number of hydrogen-bond acceptors (Lipinski definition) is 5. The predicted octanol–water partition coefficient (Wildman–Crippen LogP) is 2.34. The van der Waals surface area contributed by atoms with Crippen LogP contribution in [0.2, 0.25) is 0 Å². The fourth-order valence-electron chi connectivity index (χ4n) is 3.11. The Morgan fingerprint density at radius 3 is 2.33 bits per heavy atom. The Bertz CT molecular complexity index is 887. The lowest BCUT2D eigenvalue weighted by Crippen LogP contribution is -2.43. The molecule has 0 saturated heterocycles. The Kier molecular flexibility index (Phi) is 3.12. The first kappa shape index (κ1) is 14.4. The van der Waals surface area contributed by atoms with Gasteiger partial charge in [-0.25, -0.2) is 4.79 Å². The summed E-state index contributed by atoms with van der Waals surface area (Å²) in [5, 5.41) is 25.0. The Labute approximate surface area is 136 Å². The first-order chi connectivity index (χ1) is 11.6. The Morgan fingerprint density at radius 2 is 1.67 bits per heavy atom. The van der Waals surface area contributed by atoms with Gasteiger partial charge in [-0.1, -0.05) is 36.4 Å². The molecule has 7 heteroatoms. The molecule has 0 aromatic heterocycles. The van der Waals surface area contributed by atoms with Crippen molar-refractivity contribution in [3.63, 3.8) is 0 Å². The number of nitrogens with one attached hydrogen (secondary N) is 2. The maximum Gasteiger partial charge on any atom is 0.320 e. The van der Waals surface area contributed by atoms with Gasteiger partial charge in [0.1, 0.15) is 0 Å². The van der Waals surface area contributed by atoms with Crippen LogP contribution in [0, 0.1) is 5.21 Å². The van der Waals surface area contributed by atoms with Crippen molar-refractivity contribution in [3.8, 4) is 0 Å². The zero-order valence-corrected chi connectivity index (χ0v) is 12.3. The van der Waals surface area contributed by atoms with Crippen LogP contribution in [0.3, 0.4) is 0 Å². The SMILES string of the molecule is O=C1NC2=C(C(=O)c3ccccc32)[C@H](c2ccc(N([O-])O)cc2)N1. The van der Waals surface area contributed by atoms with Gasteiger partial charge in [-0.2, -0.15) is 0 Å². The lowest BCUT2D eigenvalue weighted by atomic mass is 9.94. The predicted molar refractivity (Wildman–Crippen MR) is 86.2 cm³/mol. The minimum atomic E-state index is -0.624. The zero-order valence-electron chi connectivity index (χ0n) is 12.3. The molecule has 0 bridgehead atoms. The second-order valence-electron chi connectivity index (χ2n) is 5.56. The van der Waals surface area contributed by atoms with Crippen molar-refractivity contribution in [2.75, 3.05) is 5.23 Å². The van der Waals surface area contributed by atoms with Gasteiger partial charge in [0.05, 0.1) is 23.0 Å². The summed E-state index contributed by atoms with van der Waals surface area (Å²) in [4.78, 5) is 24.8. The van der Waals surface area contributed by atoms with E-state index in [0.29, 0.717) is 28.0 Å². The highest BCUT2D eigenvalue weighted by Gasteiger charge is 2.39. The van der Waals surface area contributed by atoms with Crippen LogP contribution in [0.5, 0.6) is 0 Å². The average Bonchev–Trinajstić information content (AvgIpc) is 2.87. The molecule has 0 unspecified atom stereocenters. The first-order valence-electron chi connectivity index (χ1n) is 7.28. The van der Waals surface area contributed by atoms with Gasteiger partial charge in [0.15, 0.2) is 5.78 Å². The number of ketones is 1. The van der Waals surface area contributed by atoms with Gasteiger partial charge < -0.3 is 21.1 Å². The molecule has 120 valence electrons. The van der Waals surface area contributed by atoms with Gasteiger partial charge in [-0.05, 0) is 17.7 Å². The summed E-state index contributed by atoms with van der Waals surface area (Å²) in [5.41, 5.74) is 2.94. The highest BCUT2D eigenvalue weighted by molar-refractivity contribution is 6.23. The van der Waals surface area contributed by atoms with Crippen molar-refractivity contribution in [2.45, 2.75) is 6.04 Å². The van der Waals surface area contributed by atoms with Crippen LogP contribution in [-0.4, -0.2) is 17.0 Å². The van der Waals surface area contributed by atoms with Crippen LogP contribution in [-0.2, 0) is 0 Å². The van der Waals surface area contributed by atoms with E-state index in [1.807, 2.05) is 6.07 Å². The molecule has 2 aromatic carbocycles. The molecule has 1 atom stereocenters. The quantitative estimate of drug-likeness (QED) is 0.736. The van der Waals surface area contributed by atoms with Crippen LogP contribution in [0.4, 0.5) is 10.5 Å². The number of hydrogen-bond donors (Lipinski definition) is 3. The number of urea groups is 1. The number of fused-ring (bicyclic) bond motifs is 2. The van der Waals surface area contributed by atoms with Crippen LogP contribution in [0.25, 0.3) is 5.70 Å². The van der Waals surface area contributed by atoms with E-state index in [1.54, 1.807) is 30.3 Å². The van der Waals surface area contributed by atoms with Gasteiger partial charge in [0, 0.05) is 11.1 Å². The fraction of sp³-hybridized carbons (Fsp3) is 0.0588. The second kappa shape index (κ2) is 5.19. The first-order valence-corrected chi connectivity index (χ1v) is 7.28. The standard InChI is InChI=1S/C17H12N3O4/c21-16-12-4-2-1-3-11(12)15-13(16)14(18-17(22)19-15)9-5-7-10(8-6-9)20(23)24/h1-8,14,23H,(H2,18,19,22)/q-1/t14-/m0/s1. The average molecular weight is 322 g/mol. The van der Waals surface area contributed by atoms with Crippen molar-refractivity contribution in [2.24, 2.45) is 0 Å². The number of amides is 2. The molecule has 1 aliphatic heterocycles. The maximum absolute atomic E-state index is 12.7. The molecule has 2 amide bonds. The van der Waals surface area contributed by atoms with E-state index in [9.17, 15) is 14.8 Å². The number of nitrogens with zero attached hydrogens (tertiary/aromatic N) is 1. The third-order valence-corrected chi connectivity index (χ3v) is 4.20. The topological polar surface area (TPSA) is 105 Å². The van der Waals surface area contributed by atoms with Crippen molar-refractivity contribution in [1.82, 2.24) is 10.6 Å². The molecule has 0 saturated carbocycles. The summed E-state index contributed by atoms with van der Waals surface area (Å²) in [6.45, 7) is 0. The Morgan fingerprint density at radius 1 is 1.00 bits per heavy atom. The smallest absolute Gasteiger partial charge is 0.320 e. The molecule has 24 heavy (non-hydrogen) atoms. The van der Waals surface area contributed by atoms with E-state index in [2.05, 4.69) is 10.6 Å². The van der Waals surface area contributed by atoms with Gasteiger partial charge in [-0.15, -0.1) is 0 Å². The number of anilines is 1. The summed E-state index contributed by atoms with van der Waals surface area (Å²) in [7, 11) is 0. The molecule has 2 aromatic rings. The van der Waals surface area contributed by atoms with E-state index in [0.717, 1.165) is 0 Å². The molecule has 0 fully saturated rings. The lowest BCUT2D eigenvalue weighted by Gasteiger charge is -2.27. The Balaban J connectivity index is 1.81. The van der Waals surface area contributed by atoms with Gasteiger partial charge >= 0.3 is 6.03 Å². The second-order valence-corrected chi connectivity index (χ2v) is 5.56. The number of carbonyl (C=O) groups is 2. The minimum absolute atomic E-state index is 0.0641. The maximum atomic E-state index is 12.7. The zero-order chi connectivity index (χ0) is 16.8. The molecule has 0 radical (unpaired) electrons. The van der Waals surface area contributed by atoms with Crippen LogP contribution in [0.1, 0.15) is 27.5 Å². The molecule has 1 heterocycles. The van der Waals surface area contributed by atoms with E-state index in [4.69, 9.17) is 5.21 Å². The van der Waals surface area contributed by atoms with Crippen molar-refractivity contribution in [3.05, 3.63) is 76.0 Å². The van der Waals surface area contributed by atoms with Gasteiger partial charge in [-0.3, -0.25) is 10.0 Å². The summed E-state index contributed by atoms with van der Waals surface area (Å²) >= 11 is 0. The van der Waals surface area contributed by atoms with Crippen molar-refractivity contribution < 1.29 is 14.8 Å². The van der Waals surface area contributed by atoms with Gasteiger partial charge in [0.2, 0.25) is 0 Å². The number of Topliss-reactive ketones (excluding diaryl/α,β-unsaturated/α-hetero) is 1. The lowest BCUT2D eigenvalue weighted by molar-refractivity contribution is 0.103. The van der Waals surface area contributed by atoms with E-state index < -0.39 is 12.1 Å². The molecule has 0 spiro atoms. The summed E-state index contributed by atoms with van der Waals surface area (Å²) in [6.07, 6.45) is 0. The van der Waals surface area contributed by atoms with E-state index >= 15 is 0 Å². The third-order valence-electron chi connectivity index (χ3n) is 4.20. The largest absolute Gasteiger partial charge is 0.733 e. The Hall–Kier alpha value is -3.16. The number of rotatable bonds is 2. The van der Waals surface area contributed by atoms with Crippen molar-refractivity contribution >= 4 is 23.2 Å². The number of carbonyl (C=O) groups excluding carboxylic acids is 2. The van der Waals surface area contributed by atoms with Crippen LogP contribution < -0.4 is 15.9 Å². The normalized spacial score (nSPS) is 18.7. The van der Waals surface area contributed by atoms with Crippen molar-refractivity contribution in [1.29, 1.82) is 0 Å². The highest BCUT2D eigenvalue weighted by Crippen LogP contribution is 2.39. The molecule has 2 aliphatic rings. The molecule has 3 N–H and O–H groups in total. The van der Waals surface area contributed by atoms with Crippen LogP contribution >= 0.6 is 0 Å². The molecular weight excluding hydrogens is 310 g/mol. The molecule has 1 aliphatic carbocycles. The summed E-state index contributed by atoms with van der Waals surface area (Å²) in [5.74, 6) is -0.144. The monoisotopic (exact) mass is 322 g/mol. The number of benzene rings is 2. The third kappa shape index (κ3) is 2.07. The minimum Gasteiger partial charge on any atom is -0.733 e. The molecule has 7 nitrogen and oxygen atoms in total. The van der Waals surface area contributed by atoms with E-state index in [-0.39, 0.29) is 16.7 Å². The molecular formula is C17H12N3O4-. The highest BCUT2D eigenvalue weighted by atomic mass is 16.8. The van der Waals surface area contributed by atoms with Crippen LogP contribution in [0.15, 0.2) is 54.1 Å². The van der Waals surface area contributed by atoms with E-state index in [1.165, 1.54) is 12.1 Å². The fourth-order valence-corrected chi connectivity index (χ4v) is 3.11. The summed E-state index contributed by atoms with van der Waals surface area (Å²) < 4.78 is 0. The summed E-state index contributed by atoms with van der Waals surface area (Å²) in [6, 6.07) is 12.1. The molecule has 4 rings (SSSR count).